The maximum atomic E-state index is 14.0. The third-order valence-corrected chi connectivity index (χ3v) is 7.93. The van der Waals surface area contributed by atoms with Crippen molar-refractivity contribution in [1.82, 2.24) is 14.2 Å². The van der Waals surface area contributed by atoms with Gasteiger partial charge in [0, 0.05) is 36.6 Å². The average molecular weight is 496 g/mol. The van der Waals surface area contributed by atoms with Crippen LogP contribution in [0.1, 0.15) is 15.5 Å². The first-order valence-corrected chi connectivity index (χ1v) is 12.4. The second-order valence-electron chi connectivity index (χ2n) is 7.00. The molecule has 168 valence electrons. The second-order valence-corrected chi connectivity index (χ2v) is 10.3. The fraction of sp³-hybridized carbons (Fsp3) is 0.238. The van der Waals surface area contributed by atoms with E-state index in [0.717, 1.165) is 6.07 Å². The summed E-state index contributed by atoms with van der Waals surface area (Å²) >= 11 is 7.16. The van der Waals surface area contributed by atoms with Crippen molar-refractivity contribution in [3.8, 4) is 5.75 Å². The van der Waals surface area contributed by atoms with Crippen molar-refractivity contribution in [3.05, 3.63) is 75.5 Å². The number of nitrogens with zero attached hydrogens (tertiary/aromatic N) is 3. The number of ether oxygens (including phenoxy) is 1. The van der Waals surface area contributed by atoms with Crippen molar-refractivity contribution >= 4 is 38.9 Å². The first-order valence-electron chi connectivity index (χ1n) is 9.71. The molecule has 0 saturated carbocycles. The van der Waals surface area contributed by atoms with Gasteiger partial charge in [-0.05, 0) is 36.4 Å². The van der Waals surface area contributed by atoms with Crippen molar-refractivity contribution in [3.63, 3.8) is 0 Å². The lowest BCUT2D eigenvalue weighted by Crippen LogP contribution is -2.50. The van der Waals surface area contributed by atoms with Gasteiger partial charge in [-0.1, -0.05) is 23.7 Å². The van der Waals surface area contributed by atoms with E-state index in [1.165, 1.54) is 33.8 Å². The summed E-state index contributed by atoms with van der Waals surface area (Å²) in [6, 6.07) is 12.2. The number of rotatable bonds is 6. The Morgan fingerprint density at radius 3 is 2.47 bits per heavy atom. The molecule has 0 N–H and O–H groups in total. The Balaban J connectivity index is 1.34. The molecule has 0 aliphatic carbocycles. The third kappa shape index (κ3) is 4.93. The molecular weight excluding hydrogens is 477 g/mol. The van der Waals surface area contributed by atoms with Crippen LogP contribution in [0.5, 0.6) is 5.75 Å². The van der Waals surface area contributed by atoms with E-state index in [-0.39, 0.29) is 49.3 Å². The predicted octanol–water partition coefficient (Wildman–Crippen LogP) is 3.66. The minimum Gasteiger partial charge on any atom is -0.486 e. The Hall–Kier alpha value is -2.53. The number of sulfonamides is 1. The van der Waals surface area contributed by atoms with Crippen molar-refractivity contribution in [2.45, 2.75) is 11.5 Å². The SMILES string of the molecule is O=C(c1csc(COc2ccc(Cl)cc2)n1)N1CCN(S(=O)(=O)c2ccccc2F)CC1. The molecule has 0 bridgehead atoms. The van der Waals surface area contributed by atoms with E-state index in [0.29, 0.717) is 15.8 Å². The molecule has 3 aromatic rings. The lowest BCUT2D eigenvalue weighted by Gasteiger charge is -2.33. The topological polar surface area (TPSA) is 79.8 Å². The van der Waals surface area contributed by atoms with E-state index in [9.17, 15) is 17.6 Å². The van der Waals surface area contributed by atoms with Gasteiger partial charge in [0.25, 0.3) is 5.91 Å². The van der Waals surface area contributed by atoms with Gasteiger partial charge in [0.1, 0.15) is 33.8 Å². The van der Waals surface area contributed by atoms with Gasteiger partial charge in [-0.3, -0.25) is 4.79 Å². The molecule has 4 rings (SSSR count). The van der Waals surface area contributed by atoms with Crippen molar-refractivity contribution < 1.29 is 22.3 Å². The molecule has 1 amide bonds. The molecule has 1 aliphatic rings. The molecule has 1 fully saturated rings. The third-order valence-electron chi connectivity index (χ3n) is 4.93. The summed E-state index contributed by atoms with van der Waals surface area (Å²) in [7, 11) is -3.96. The highest BCUT2D eigenvalue weighted by Gasteiger charge is 2.32. The maximum Gasteiger partial charge on any atom is 0.273 e. The summed E-state index contributed by atoms with van der Waals surface area (Å²) < 4.78 is 46.2. The van der Waals surface area contributed by atoms with Gasteiger partial charge in [0.05, 0.1) is 0 Å². The van der Waals surface area contributed by atoms with Gasteiger partial charge >= 0.3 is 0 Å². The summed E-state index contributed by atoms with van der Waals surface area (Å²) in [6.45, 7) is 0.772. The largest absolute Gasteiger partial charge is 0.486 e. The highest BCUT2D eigenvalue weighted by molar-refractivity contribution is 7.89. The van der Waals surface area contributed by atoms with Crippen LogP contribution in [0.15, 0.2) is 58.8 Å². The number of halogens is 2. The predicted molar refractivity (Wildman–Crippen MR) is 119 cm³/mol. The first kappa shape index (κ1) is 22.7. The van der Waals surface area contributed by atoms with E-state index in [1.54, 1.807) is 34.5 Å². The van der Waals surface area contributed by atoms with Crippen LogP contribution < -0.4 is 4.74 Å². The molecule has 0 atom stereocenters. The van der Waals surface area contributed by atoms with Gasteiger partial charge in [0.15, 0.2) is 0 Å². The van der Waals surface area contributed by atoms with Crippen molar-refractivity contribution in [2.75, 3.05) is 26.2 Å². The number of amides is 1. The number of hydrogen-bond donors (Lipinski definition) is 0. The number of hydrogen-bond acceptors (Lipinski definition) is 6. The summed E-state index contributed by atoms with van der Waals surface area (Å²) in [5.74, 6) is -0.423. The Bertz CT molecular complexity index is 1210. The van der Waals surface area contributed by atoms with E-state index in [1.807, 2.05) is 0 Å². The molecule has 1 aromatic heterocycles. The molecule has 0 radical (unpaired) electrons. The number of carbonyl (C=O) groups excluding carboxylic acids is 1. The summed E-state index contributed by atoms with van der Waals surface area (Å²) in [5.41, 5.74) is 0.287. The number of aromatic nitrogens is 1. The van der Waals surface area contributed by atoms with Crippen LogP contribution in [0.2, 0.25) is 5.02 Å². The molecule has 1 aliphatic heterocycles. The molecule has 2 heterocycles. The lowest BCUT2D eigenvalue weighted by molar-refractivity contribution is 0.0692. The highest BCUT2D eigenvalue weighted by Crippen LogP contribution is 2.22. The smallest absolute Gasteiger partial charge is 0.273 e. The van der Waals surface area contributed by atoms with E-state index < -0.39 is 15.8 Å². The average Bonchev–Trinajstić information content (AvgIpc) is 3.27. The minimum absolute atomic E-state index is 0.0824. The van der Waals surface area contributed by atoms with Crippen LogP contribution in [0.25, 0.3) is 0 Å². The zero-order chi connectivity index (χ0) is 22.7. The normalized spacial score (nSPS) is 15.0. The molecule has 32 heavy (non-hydrogen) atoms. The molecule has 7 nitrogen and oxygen atoms in total. The summed E-state index contributed by atoms with van der Waals surface area (Å²) in [6.07, 6.45) is 0. The Morgan fingerprint density at radius 2 is 1.78 bits per heavy atom. The van der Waals surface area contributed by atoms with E-state index in [4.69, 9.17) is 16.3 Å². The molecule has 0 unspecified atom stereocenters. The first-order chi connectivity index (χ1) is 15.3. The van der Waals surface area contributed by atoms with E-state index >= 15 is 0 Å². The van der Waals surface area contributed by atoms with Crippen LogP contribution >= 0.6 is 22.9 Å². The Kier molecular flexibility index (Phi) is 6.75. The molecule has 2 aromatic carbocycles. The van der Waals surface area contributed by atoms with Crippen molar-refractivity contribution in [1.29, 1.82) is 0 Å². The van der Waals surface area contributed by atoms with Crippen LogP contribution in [0, 0.1) is 5.82 Å². The molecule has 11 heteroatoms. The second kappa shape index (κ2) is 9.53. The van der Waals surface area contributed by atoms with Crippen LogP contribution in [-0.2, 0) is 16.6 Å². The van der Waals surface area contributed by atoms with Crippen LogP contribution in [0.3, 0.4) is 0 Å². The fourth-order valence-corrected chi connectivity index (χ4v) is 5.53. The van der Waals surface area contributed by atoms with Gasteiger partial charge < -0.3 is 9.64 Å². The van der Waals surface area contributed by atoms with Gasteiger partial charge in [-0.15, -0.1) is 11.3 Å². The van der Waals surface area contributed by atoms with E-state index in [2.05, 4.69) is 4.98 Å². The van der Waals surface area contributed by atoms with Crippen LogP contribution in [-0.4, -0.2) is 54.7 Å². The molecule has 1 saturated heterocycles. The monoisotopic (exact) mass is 495 g/mol. The van der Waals surface area contributed by atoms with Gasteiger partial charge in [0.2, 0.25) is 10.0 Å². The Labute approximate surface area is 194 Å². The van der Waals surface area contributed by atoms with Gasteiger partial charge in [-0.2, -0.15) is 4.31 Å². The fourth-order valence-electron chi connectivity index (χ4n) is 3.24. The summed E-state index contributed by atoms with van der Waals surface area (Å²) in [4.78, 5) is 18.3. The van der Waals surface area contributed by atoms with Crippen LogP contribution in [0.4, 0.5) is 4.39 Å². The number of piperazine rings is 1. The van der Waals surface area contributed by atoms with Crippen molar-refractivity contribution in [2.24, 2.45) is 0 Å². The zero-order valence-corrected chi connectivity index (χ0v) is 19.2. The number of benzene rings is 2. The zero-order valence-electron chi connectivity index (χ0n) is 16.8. The lowest BCUT2D eigenvalue weighted by atomic mass is 10.3. The Morgan fingerprint density at radius 1 is 1.09 bits per heavy atom. The minimum atomic E-state index is -3.96. The molecule has 0 spiro atoms. The summed E-state index contributed by atoms with van der Waals surface area (Å²) in [5, 5.41) is 2.91. The quantitative estimate of drug-likeness (QED) is 0.521. The number of thiazole rings is 1. The molecular formula is C21H19ClFN3O4S2. The number of carbonyl (C=O) groups is 1. The maximum absolute atomic E-state index is 14.0. The van der Waals surface area contributed by atoms with Gasteiger partial charge in [-0.25, -0.2) is 17.8 Å². The highest BCUT2D eigenvalue weighted by atomic mass is 35.5. The standard InChI is InChI=1S/C21H19ClFN3O4S2/c22-15-5-7-16(8-6-15)30-13-20-24-18(14-31-20)21(27)25-9-11-26(12-10-25)32(28,29)19-4-2-1-3-17(19)23/h1-8,14H,9-13H2.